The molecule has 0 heterocycles. The van der Waals surface area contributed by atoms with Crippen LogP contribution in [-0.4, -0.2) is 29.3 Å². The van der Waals surface area contributed by atoms with E-state index in [1.54, 1.807) is 0 Å². The molecule has 0 unspecified atom stereocenters. The van der Waals surface area contributed by atoms with Crippen molar-refractivity contribution in [2.75, 3.05) is 19.8 Å². The highest BCUT2D eigenvalue weighted by atomic mass is 28.3. The lowest BCUT2D eigenvalue weighted by atomic mass is 10.5. The predicted molar refractivity (Wildman–Crippen MR) is 60.4 cm³/mol. The lowest BCUT2D eigenvalue weighted by Gasteiger charge is -2.15. The minimum absolute atomic E-state index is 0.661. The Hall–Kier alpha value is -0.163. The molecule has 0 saturated heterocycles. The van der Waals surface area contributed by atoms with Crippen molar-refractivity contribution in [1.82, 2.24) is 0 Å². The molecule has 0 N–H and O–H groups in total. The van der Waals surface area contributed by atoms with Crippen molar-refractivity contribution >= 4 is 9.53 Å². The summed E-state index contributed by atoms with van der Waals surface area (Å²) >= 11 is 0. The third-order valence-electron chi connectivity index (χ3n) is 1.49. The average molecular weight is 218 g/mol. The summed E-state index contributed by atoms with van der Waals surface area (Å²) in [5, 5.41) is 0. The third-order valence-corrected chi connectivity index (χ3v) is 3.02. The van der Waals surface area contributed by atoms with E-state index in [1.807, 2.05) is 6.08 Å². The van der Waals surface area contributed by atoms with Gasteiger partial charge < -0.3 is 13.3 Å². The fraction of sp³-hybridized carbons (Fsp3) is 0.800. The molecule has 0 aromatic heterocycles. The monoisotopic (exact) mass is 218 g/mol. The van der Waals surface area contributed by atoms with Gasteiger partial charge in [-0.3, -0.25) is 0 Å². The van der Waals surface area contributed by atoms with Crippen molar-refractivity contribution in [2.45, 2.75) is 33.1 Å². The zero-order valence-electron chi connectivity index (χ0n) is 9.33. The summed E-state index contributed by atoms with van der Waals surface area (Å²) in [6, 6.07) is 0. The van der Waals surface area contributed by atoms with Gasteiger partial charge in [0, 0.05) is 19.8 Å². The first-order chi connectivity index (χ1) is 6.85. The van der Waals surface area contributed by atoms with Gasteiger partial charge in [-0.1, -0.05) is 19.9 Å². The zero-order valence-corrected chi connectivity index (χ0v) is 10.5. The van der Waals surface area contributed by atoms with Gasteiger partial charge in [-0.15, -0.1) is 6.58 Å². The topological polar surface area (TPSA) is 27.7 Å². The highest BCUT2D eigenvalue weighted by Gasteiger charge is 2.13. The van der Waals surface area contributed by atoms with Crippen LogP contribution < -0.4 is 0 Å². The molecular weight excluding hydrogens is 196 g/mol. The lowest BCUT2D eigenvalue weighted by Crippen LogP contribution is -2.28. The van der Waals surface area contributed by atoms with Crippen molar-refractivity contribution in [1.29, 1.82) is 0 Å². The van der Waals surface area contributed by atoms with E-state index in [-0.39, 0.29) is 0 Å². The molecule has 0 aliphatic heterocycles. The molecule has 4 heteroatoms. The van der Waals surface area contributed by atoms with Gasteiger partial charge in [0.2, 0.25) is 0 Å². The third kappa shape index (κ3) is 8.44. The molecule has 0 aromatic carbocycles. The molecule has 0 rings (SSSR count). The van der Waals surface area contributed by atoms with Crippen LogP contribution in [0.2, 0.25) is 0 Å². The molecule has 0 aromatic rings. The summed E-state index contributed by atoms with van der Waals surface area (Å²) in [6.07, 6.45) is 4.70. The number of rotatable bonds is 10. The van der Waals surface area contributed by atoms with E-state index in [9.17, 15) is 0 Å². The van der Waals surface area contributed by atoms with Gasteiger partial charge in [-0.25, -0.2) is 0 Å². The van der Waals surface area contributed by atoms with Crippen molar-refractivity contribution in [2.24, 2.45) is 0 Å². The Kier molecular flexibility index (Phi) is 10.8. The van der Waals surface area contributed by atoms with Crippen LogP contribution in [0.1, 0.15) is 33.1 Å². The quantitative estimate of drug-likeness (QED) is 0.319. The molecule has 0 bridgehead atoms. The largest absolute Gasteiger partial charge is 0.484 e. The fourth-order valence-electron chi connectivity index (χ4n) is 0.820. The molecule has 0 amide bonds. The van der Waals surface area contributed by atoms with E-state index in [1.165, 1.54) is 0 Å². The van der Waals surface area contributed by atoms with Crippen molar-refractivity contribution < 1.29 is 13.3 Å². The first kappa shape index (κ1) is 13.8. The SMILES string of the molecule is C=CCCO[SiH](OCCC)OCCC. The fourth-order valence-corrected chi connectivity index (χ4v) is 2.29. The molecule has 3 nitrogen and oxygen atoms in total. The van der Waals surface area contributed by atoms with Crippen molar-refractivity contribution in [3.63, 3.8) is 0 Å². The molecule has 0 fully saturated rings. The molecule has 0 aliphatic rings. The second kappa shape index (κ2) is 10.9. The van der Waals surface area contributed by atoms with E-state index >= 15 is 0 Å². The van der Waals surface area contributed by atoms with Gasteiger partial charge in [0.1, 0.15) is 0 Å². The molecule has 14 heavy (non-hydrogen) atoms. The molecule has 0 atom stereocenters. The summed E-state index contributed by atoms with van der Waals surface area (Å²) in [5.74, 6) is 0. The van der Waals surface area contributed by atoms with Crippen LogP contribution in [0.4, 0.5) is 0 Å². The van der Waals surface area contributed by atoms with Crippen LogP contribution in [0.3, 0.4) is 0 Å². The standard InChI is InChI=1S/C10H22O3Si/c1-4-7-10-13-14(11-8-5-2)12-9-6-3/h4,14H,1,5-10H2,2-3H3. The average Bonchev–Trinajstić information content (AvgIpc) is 2.21. The first-order valence-corrected chi connectivity index (χ1v) is 6.72. The molecule has 84 valence electrons. The maximum atomic E-state index is 5.51. The van der Waals surface area contributed by atoms with Gasteiger partial charge in [0.25, 0.3) is 0 Å². The zero-order chi connectivity index (χ0) is 10.6. The Labute approximate surface area is 89.0 Å². The molecule has 0 saturated carbocycles. The maximum Gasteiger partial charge on any atom is 0.484 e. The minimum Gasteiger partial charge on any atom is -0.376 e. The smallest absolute Gasteiger partial charge is 0.376 e. The van der Waals surface area contributed by atoms with E-state index in [4.69, 9.17) is 13.3 Å². The summed E-state index contributed by atoms with van der Waals surface area (Å²) < 4.78 is 16.5. The van der Waals surface area contributed by atoms with Crippen LogP contribution in [-0.2, 0) is 13.3 Å². The van der Waals surface area contributed by atoms with Crippen molar-refractivity contribution in [3.05, 3.63) is 12.7 Å². The van der Waals surface area contributed by atoms with Gasteiger partial charge in [-0.05, 0) is 19.3 Å². The summed E-state index contributed by atoms with van der Waals surface area (Å²) in [7, 11) is -1.85. The summed E-state index contributed by atoms with van der Waals surface area (Å²) in [6.45, 7) is 9.91. The Morgan fingerprint density at radius 2 is 1.50 bits per heavy atom. The van der Waals surface area contributed by atoms with E-state index in [0.29, 0.717) is 6.61 Å². The van der Waals surface area contributed by atoms with Gasteiger partial charge in [0.15, 0.2) is 0 Å². The predicted octanol–water partition coefficient (Wildman–Crippen LogP) is 2.15. The van der Waals surface area contributed by atoms with E-state index in [0.717, 1.165) is 32.5 Å². The van der Waals surface area contributed by atoms with E-state index in [2.05, 4.69) is 20.4 Å². The van der Waals surface area contributed by atoms with Crippen LogP contribution in [0.5, 0.6) is 0 Å². The highest BCUT2D eigenvalue weighted by Crippen LogP contribution is 1.97. The van der Waals surface area contributed by atoms with Gasteiger partial charge in [0.05, 0.1) is 0 Å². The molecular formula is C10H22O3Si. The van der Waals surface area contributed by atoms with Crippen LogP contribution in [0.15, 0.2) is 12.7 Å². The van der Waals surface area contributed by atoms with Crippen molar-refractivity contribution in [3.8, 4) is 0 Å². The lowest BCUT2D eigenvalue weighted by molar-refractivity contribution is 0.0947. The second-order valence-corrected chi connectivity index (χ2v) is 4.56. The molecule has 0 spiro atoms. The van der Waals surface area contributed by atoms with Crippen LogP contribution >= 0.6 is 0 Å². The minimum atomic E-state index is -1.85. The summed E-state index contributed by atoms with van der Waals surface area (Å²) in [4.78, 5) is 0. The van der Waals surface area contributed by atoms with Crippen LogP contribution in [0, 0.1) is 0 Å². The molecule has 0 aliphatic carbocycles. The second-order valence-electron chi connectivity index (χ2n) is 2.98. The Morgan fingerprint density at radius 3 is 1.93 bits per heavy atom. The first-order valence-electron chi connectivity index (χ1n) is 5.30. The van der Waals surface area contributed by atoms with Gasteiger partial charge >= 0.3 is 9.53 Å². The van der Waals surface area contributed by atoms with Crippen LogP contribution in [0.25, 0.3) is 0 Å². The van der Waals surface area contributed by atoms with E-state index < -0.39 is 9.53 Å². The highest BCUT2D eigenvalue weighted by molar-refractivity contribution is 6.36. The Bertz CT molecular complexity index is 123. The Balaban J connectivity index is 3.54. The van der Waals surface area contributed by atoms with Gasteiger partial charge in [-0.2, -0.15) is 0 Å². The summed E-state index contributed by atoms with van der Waals surface area (Å²) in [5.41, 5.74) is 0. The molecule has 0 radical (unpaired) electrons. The maximum absolute atomic E-state index is 5.51. The number of hydrogen-bond acceptors (Lipinski definition) is 3. The number of hydrogen-bond donors (Lipinski definition) is 0. The normalized spacial score (nSPS) is 10.8. The Morgan fingerprint density at radius 1 is 1.00 bits per heavy atom.